The first-order valence-corrected chi connectivity index (χ1v) is 9.63. The molecule has 0 radical (unpaired) electrons. The minimum absolute atomic E-state index is 0.0794. The van der Waals surface area contributed by atoms with E-state index >= 15 is 0 Å². The number of nitrogens with one attached hydrogen (secondary N) is 1. The maximum absolute atomic E-state index is 12.9. The molecule has 0 spiro atoms. The van der Waals surface area contributed by atoms with Gasteiger partial charge >= 0.3 is 0 Å². The van der Waals surface area contributed by atoms with E-state index in [1.165, 1.54) is 23.5 Å². The number of aromatic nitrogens is 1. The van der Waals surface area contributed by atoms with E-state index in [9.17, 15) is 9.18 Å². The first-order chi connectivity index (χ1) is 12.1. The zero-order valence-electron chi connectivity index (χ0n) is 13.7. The van der Waals surface area contributed by atoms with Crippen LogP contribution in [0.15, 0.2) is 58.3 Å². The number of nitrogens with zero attached hydrogens (tertiary/aromatic N) is 1. The molecule has 2 aromatic carbocycles. The van der Waals surface area contributed by atoms with Crippen molar-refractivity contribution in [3.63, 3.8) is 0 Å². The van der Waals surface area contributed by atoms with Crippen molar-refractivity contribution in [3.05, 3.63) is 76.5 Å². The number of aryl methyl sites for hydroxylation is 1. The van der Waals surface area contributed by atoms with Gasteiger partial charge in [0.25, 0.3) is 0 Å². The van der Waals surface area contributed by atoms with E-state index < -0.39 is 0 Å². The predicted molar refractivity (Wildman–Crippen MR) is 102 cm³/mol. The second-order valence-electron chi connectivity index (χ2n) is 5.61. The van der Waals surface area contributed by atoms with Crippen molar-refractivity contribution in [2.45, 2.75) is 23.4 Å². The molecule has 0 saturated carbocycles. The monoisotopic (exact) mass is 372 g/mol. The molecule has 128 valence electrons. The molecule has 3 nitrogen and oxygen atoms in total. The topological polar surface area (TPSA) is 42.0 Å². The number of hydrogen-bond acceptors (Lipinski definition) is 4. The van der Waals surface area contributed by atoms with Crippen molar-refractivity contribution < 1.29 is 9.18 Å². The maximum atomic E-state index is 12.9. The summed E-state index contributed by atoms with van der Waals surface area (Å²) in [7, 11) is 0. The Bertz CT molecular complexity index is 845. The van der Waals surface area contributed by atoms with Crippen LogP contribution in [0, 0.1) is 12.7 Å². The van der Waals surface area contributed by atoms with E-state index in [4.69, 9.17) is 0 Å². The summed E-state index contributed by atoms with van der Waals surface area (Å²) in [4.78, 5) is 16.6. The average Bonchev–Trinajstić information content (AvgIpc) is 3.04. The summed E-state index contributed by atoms with van der Waals surface area (Å²) in [5, 5.41) is 4.78. The van der Waals surface area contributed by atoms with Gasteiger partial charge in [0.1, 0.15) is 10.2 Å². The largest absolute Gasteiger partial charge is 0.326 e. The number of thiazole rings is 1. The molecule has 0 atom stereocenters. The number of carbonyl (C=O) groups is 1. The Morgan fingerprint density at radius 1 is 1.16 bits per heavy atom. The molecule has 25 heavy (non-hydrogen) atoms. The summed E-state index contributed by atoms with van der Waals surface area (Å²) in [6.07, 6.45) is 0.251. The van der Waals surface area contributed by atoms with Crippen LogP contribution in [0.25, 0.3) is 0 Å². The summed E-state index contributed by atoms with van der Waals surface area (Å²) in [6.45, 7) is 2.01. The Hall–Kier alpha value is -2.18. The Kier molecular flexibility index (Phi) is 5.83. The molecule has 0 bridgehead atoms. The number of halogens is 1. The highest BCUT2D eigenvalue weighted by Gasteiger charge is 2.09. The van der Waals surface area contributed by atoms with Gasteiger partial charge in [-0.15, -0.1) is 11.3 Å². The standard InChI is InChI=1S/C19H17FN2OS2/c1-13-2-8-16(9-3-13)21-18(23)10-17-12-25-19(22-17)24-11-14-4-6-15(20)7-5-14/h2-9,12H,10-11H2,1H3,(H,21,23). The van der Waals surface area contributed by atoms with Crippen molar-refractivity contribution in [2.24, 2.45) is 0 Å². The highest BCUT2D eigenvalue weighted by Crippen LogP contribution is 2.26. The fourth-order valence-corrected chi connectivity index (χ4v) is 3.97. The minimum Gasteiger partial charge on any atom is -0.326 e. The molecule has 0 aliphatic heterocycles. The number of amides is 1. The first-order valence-electron chi connectivity index (χ1n) is 7.77. The lowest BCUT2D eigenvalue weighted by Gasteiger charge is -2.04. The van der Waals surface area contributed by atoms with Gasteiger partial charge in [-0.05, 0) is 36.8 Å². The van der Waals surface area contributed by atoms with Crippen LogP contribution in [-0.4, -0.2) is 10.9 Å². The third kappa shape index (κ3) is 5.41. The van der Waals surface area contributed by atoms with Crippen LogP contribution in [-0.2, 0) is 17.0 Å². The van der Waals surface area contributed by atoms with Crippen molar-refractivity contribution in [2.75, 3.05) is 5.32 Å². The molecule has 1 amide bonds. The number of thioether (sulfide) groups is 1. The lowest BCUT2D eigenvalue weighted by atomic mass is 10.2. The van der Waals surface area contributed by atoms with Crippen molar-refractivity contribution in [1.82, 2.24) is 4.98 Å². The molecule has 0 aliphatic rings. The number of rotatable bonds is 6. The van der Waals surface area contributed by atoms with Gasteiger partial charge in [-0.2, -0.15) is 0 Å². The SMILES string of the molecule is Cc1ccc(NC(=O)Cc2csc(SCc3ccc(F)cc3)n2)cc1. The van der Waals surface area contributed by atoms with E-state index in [2.05, 4.69) is 10.3 Å². The Morgan fingerprint density at radius 2 is 1.88 bits per heavy atom. The van der Waals surface area contributed by atoms with Crippen molar-refractivity contribution >= 4 is 34.7 Å². The maximum Gasteiger partial charge on any atom is 0.230 e. The van der Waals surface area contributed by atoms with Gasteiger partial charge < -0.3 is 5.32 Å². The van der Waals surface area contributed by atoms with E-state index in [-0.39, 0.29) is 18.1 Å². The zero-order valence-corrected chi connectivity index (χ0v) is 15.3. The summed E-state index contributed by atoms with van der Waals surface area (Å²) >= 11 is 3.11. The third-order valence-electron chi connectivity index (χ3n) is 3.48. The second-order valence-corrected chi connectivity index (χ2v) is 7.69. The lowest BCUT2D eigenvalue weighted by molar-refractivity contribution is -0.115. The fourth-order valence-electron chi connectivity index (χ4n) is 2.17. The van der Waals surface area contributed by atoms with Crippen LogP contribution in [0.3, 0.4) is 0 Å². The van der Waals surface area contributed by atoms with Crippen LogP contribution in [0.4, 0.5) is 10.1 Å². The summed E-state index contributed by atoms with van der Waals surface area (Å²) < 4.78 is 13.8. The number of benzene rings is 2. The van der Waals surface area contributed by atoms with Crippen LogP contribution in [0.1, 0.15) is 16.8 Å². The molecule has 1 N–H and O–H groups in total. The molecule has 0 fully saturated rings. The van der Waals surface area contributed by atoms with Gasteiger partial charge in [-0.1, -0.05) is 41.6 Å². The van der Waals surface area contributed by atoms with Crippen LogP contribution < -0.4 is 5.32 Å². The average molecular weight is 372 g/mol. The van der Waals surface area contributed by atoms with Gasteiger partial charge in [-0.3, -0.25) is 4.79 Å². The molecular weight excluding hydrogens is 355 g/mol. The van der Waals surface area contributed by atoms with Gasteiger partial charge in [0.15, 0.2) is 0 Å². The molecular formula is C19H17FN2OS2. The van der Waals surface area contributed by atoms with Crippen molar-refractivity contribution in [1.29, 1.82) is 0 Å². The van der Waals surface area contributed by atoms with E-state index in [0.717, 1.165) is 32.6 Å². The first kappa shape index (κ1) is 17.6. The lowest BCUT2D eigenvalue weighted by Crippen LogP contribution is -2.14. The van der Waals surface area contributed by atoms with Crippen LogP contribution >= 0.6 is 23.1 Å². The summed E-state index contributed by atoms with van der Waals surface area (Å²) in [5.74, 6) is 0.414. The molecule has 6 heteroatoms. The normalized spacial score (nSPS) is 10.6. The number of anilines is 1. The smallest absolute Gasteiger partial charge is 0.230 e. The molecule has 1 heterocycles. The third-order valence-corrected chi connectivity index (χ3v) is 5.62. The van der Waals surface area contributed by atoms with Gasteiger partial charge in [0, 0.05) is 16.8 Å². The minimum atomic E-state index is -0.232. The Balaban J connectivity index is 1.51. The molecule has 1 aromatic heterocycles. The van der Waals surface area contributed by atoms with Crippen molar-refractivity contribution in [3.8, 4) is 0 Å². The van der Waals surface area contributed by atoms with Gasteiger partial charge in [-0.25, -0.2) is 9.37 Å². The van der Waals surface area contributed by atoms with E-state index in [0.29, 0.717) is 0 Å². The van der Waals surface area contributed by atoms with Crippen LogP contribution in [0.5, 0.6) is 0 Å². The predicted octanol–water partition coefficient (Wildman–Crippen LogP) is 5.06. The van der Waals surface area contributed by atoms with Gasteiger partial charge in [0.05, 0.1) is 12.1 Å². The number of carbonyl (C=O) groups excluding carboxylic acids is 1. The summed E-state index contributed by atoms with van der Waals surface area (Å²) in [6, 6.07) is 14.1. The molecule has 0 unspecified atom stereocenters. The molecule has 0 saturated heterocycles. The highest BCUT2D eigenvalue weighted by molar-refractivity contribution is 8.00. The fraction of sp³-hybridized carbons (Fsp3) is 0.158. The molecule has 0 aliphatic carbocycles. The van der Waals surface area contributed by atoms with E-state index in [1.54, 1.807) is 23.9 Å². The van der Waals surface area contributed by atoms with E-state index in [1.807, 2.05) is 36.6 Å². The van der Waals surface area contributed by atoms with Gasteiger partial charge in [0.2, 0.25) is 5.91 Å². The number of hydrogen-bond donors (Lipinski definition) is 1. The Labute approximate surface area is 154 Å². The van der Waals surface area contributed by atoms with Crippen LogP contribution in [0.2, 0.25) is 0 Å². The summed E-state index contributed by atoms with van der Waals surface area (Å²) in [5.41, 5.74) is 3.74. The second kappa shape index (κ2) is 8.27. The zero-order chi connectivity index (χ0) is 17.6. The molecule has 3 rings (SSSR count). The quantitative estimate of drug-likeness (QED) is 0.615. The highest BCUT2D eigenvalue weighted by atomic mass is 32.2. The Morgan fingerprint density at radius 3 is 2.60 bits per heavy atom. The molecule has 3 aromatic rings.